The molecular formula is C22H22N4O3S2. The van der Waals surface area contributed by atoms with Gasteiger partial charge in [-0.3, -0.25) is 19.5 Å². The molecule has 0 atom stereocenters. The van der Waals surface area contributed by atoms with Crippen LogP contribution >= 0.6 is 23.1 Å². The van der Waals surface area contributed by atoms with Crippen molar-refractivity contribution in [3.8, 4) is 0 Å². The number of aryl methyl sites for hydroxylation is 2. The molecule has 3 aromatic rings. The molecule has 1 aliphatic rings. The second kappa shape index (κ2) is 9.49. The Balaban J connectivity index is 1.42. The lowest BCUT2D eigenvalue weighted by atomic mass is 10.2. The van der Waals surface area contributed by atoms with Crippen LogP contribution in [-0.4, -0.2) is 27.2 Å². The SMILES string of the molecule is C=CCn1c(SCC(=O)NC(=O)NCc2ccccc2)nc2sc3c(c2c1=O)CCC3. The second-order valence-electron chi connectivity index (χ2n) is 7.14. The fraction of sp³-hybridized carbons (Fsp3) is 0.273. The molecule has 31 heavy (non-hydrogen) atoms. The van der Waals surface area contributed by atoms with Gasteiger partial charge < -0.3 is 5.32 Å². The Labute approximate surface area is 187 Å². The number of nitrogens with zero attached hydrogens (tertiary/aromatic N) is 2. The third kappa shape index (κ3) is 4.72. The minimum atomic E-state index is -0.559. The first-order chi connectivity index (χ1) is 15.1. The van der Waals surface area contributed by atoms with E-state index in [9.17, 15) is 14.4 Å². The van der Waals surface area contributed by atoms with Crippen LogP contribution in [0.25, 0.3) is 10.2 Å². The zero-order valence-corrected chi connectivity index (χ0v) is 18.5. The lowest BCUT2D eigenvalue weighted by Crippen LogP contribution is -2.40. The van der Waals surface area contributed by atoms with Crippen molar-refractivity contribution in [2.75, 3.05) is 5.75 Å². The highest BCUT2D eigenvalue weighted by Gasteiger charge is 2.23. The van der Waals surface area contributed by atoms with E-state index in [0.717, 1.165) is 47.0 Å². The molecule has 2 N–H and O–H groups in total. The molecule has 1 aliphatic carbocycles. The molecule has 9 heteroatoms. The molecule has 0 bridgehead atoms. The van der Waals surface area contributed by atoms with Gasteiger partial charge in [-0.15, -0.1) is 17.9 Å². The number of carbonyl (C=O) groups is 2. The predicted octanol–water partition coefficient (Wildman–Crippen LogP) is 3.25. The average Bonchev–Trinajstić information content (AvgIpc) is 3.35. The third-order valence-corrected chi connectivity index (χ3v) is 7.14. The number of aromatic nitrogens is 2. The molecule has 0 aliphatic heterocycles. The third-order valence-electron chi connectivity index (χ3n) is 4.98. The summed E-state index contributed by atoms with van der Waals surface area (Å²) in [7, 11) is 0. The van der Waals surface area contributed by atoms with E-state index in [1.807, 2.05) is 30.3 Å². The van der Waals surface area contributed by atoms with Crippen LogP contribution in [0.5, 0.6) is 0 Å². The molecule has 0 saturated heterocycles. The highest BCUT2D eigenvalue weighted by Crippen LogP contribution is 2.35. The van der Waals surface area contributed by atoms with Gasteiger partial charge in [-0.05, 0) is 30.4 Å². The van der Waals surface area contributed by atoms with Crippen molar-refractivity contribution in [2.45, 2.75) is 37.5 Å². The van der Waals surface area contributed by atoms with E-state index in [0.29, 0.717) is 23.6 Å². The number of hydrogen-bond acceptors (Lipinski definition) is 6. The van der Waals surface area contributed by atoms with Crippen molar-refractivity contribution >= 4 is 45.3 Å². The lowest BCUT2D eigenvalue weighted by Gasteiger charge is -2.11. The molecule has 1 aromatic carbocycles. The number of hydrogen-bond donors (Lipinski definition) is 2. The molecule has 2 aromatic heterocycles. The van der Waals surface area contributed by atoms with Crippen molar-refractivity contribution in [1.82, 2.24) is 20.2 Å². The summed E-state index contributed by atoms with van der Waals surface area (Å²) in [6, 6.07) is 8.87. The number of carbonyl (C=O) groups excluding carboxylic acids is 2. The number of thiophene rings is 1. The summed E-state index contributed by atoms with van der Waals surface area (Å²) in [5.41, 5.74) is 1.97. The van der Waals surface area contributed by atoms with Crippen molar-refractivity contribution in [2.24, 2.45) is 0 Å². The standard InChI is InChI=1S/C22H22N4O3S2/c1-2-11-26-20(28)18-15-9-6-10-16(15)31-19(18)25-22(26)30-13-17(27)24-21(29)23-12-14-7-4-3-5-8-14/h2-5,7-8H,1,6,9-13H2,(H2,23,24,27,29). The molecule has 3 amide bonds. The lowest BCUT2D eigenvalue weighted by molar-refractivity contribution is -0.117. The minimum Gasteiger partial charge on any atom is -0.334 e. The second-order valence-corrected chi connectivity index (χ2v) is 9.17. The van der Waals surface area contributed by atoms with Gasteiger partial charge >= 0.3 is 6.03 Å². The number of fused-ring (bicyclic) bond motifs is 3. The largest absolute Gasteiger partial charge is 0.334 e. The van der Waals surface area contributed by atoms with Gasteiger partial charge in [0.15, 0.2) is 5.16 Å². The summed E-state index contributed by atoms with van der Waals surface area (Å²) in [5.74, 6) is -0.484. The van der Waals surface area contributed by atoms with Gasteiger partial charge in [0.2, 0.25) is 5.91 Å². The topological polar surface area (TPSA) is 93.1 Å². The van der Waals surface area contributed by atoms with Gasteiger partial charge in [-0.2, -0.15) is 0 Å². The fourth-order valence-corrected chi connectivity index (χ4v) is 5.68. The Morgan fingerprint density at radius 2 is 2.06 bits per heavy atom. The van der Waals surface area contributed by atoms with Crippen LogP contribution in [0.1, 0.15) is 22.4 Å². The number of nitrogens with one attached hydrogen (secondary N) is 2. The predicted molar refractivity (Wildman–Crippen MR) is 124 cm³/mol. The number of benzene rings is 1. The maximum absolute atomic E-state index is 13.1. The Hall–Kier alpha value is -2.91. The number of rotatable bonds is 7. The summed E-state index contributed by atoms with van der Waals surface area (Å²) in [6.07, 6.45) is 4.61. The van der Waals surface area contributed by atoms with E-state index in [1.54, 1.807) is 22.0 Å². The van der Waals surface area contributed by atoms with E-state index < -0.39 is 11.9 Å². The fourth-order valence-electron chi connectivity index (χ4n) is 3.57. The van der Waals surface area contributed by atoms with E-state index >= 15 is 0 Å². The van der Waals surface area contributed by atoms with Crippen molar-refractivity contribution in [1.29, 1.82) is 0 Å². The van der Waals surface area contributed by atoms with E-state index in [4.69, 9.17) is 0 Å². The number of thioether (sulfide) groups is 1. The summed E-state index contributed by atoms with van der Waals surface area (Å²) in [6.45, 7) is 4.37. The first kappa shape index (κ1) is 21.3. The van der Waals surface area contributed by atoms with Crippen molar-refractivity contribution < 1.29 is 9.59 Å². The van der Waals surface area contributed by atoms with Crippen LogP contribution in [0.3, 0.4) is 0 Å². The number of amides is 3. The van der Waals surface area contributed by atoms with Gasteiger partial charge in [-0.1, -0.05) is 48.2 Å². The molecule has 0 saturated carbocycles. The first-order valence-corrected chi connectivity index (χ1v) is 11.8. The quantitative estimate of drug-likeness (QED) is 0.325. The molecule has 0 spiro atoms. The van der Waals surface area contributed by atoms with E-state index in [-0.39, 0.29) is 11.3 Å². The molecule has 0 radical (unpaired) electrons. The van der Waals surface area contributed by atoms with E-state index in [2.05, 4.69) is 22.2 Å². The van der Waals surface area contributed by atoms with Gasteiger partial charge in [0.25, 0.3) is 5.56 Å². The Kier molecular flexibility index (Phi) is 6.53. The molecule has 0 fully saturated rings. The van der Waals surface area contributed by atoms with Crippen LogP contribution < -0.4 is 16.2 Å². The molecule has 160 valence electrons. The van der Waals surface area contributed by atoms with Gasteiger partial charge in [-0.25, -0.2) is 9.78 Å². The number of imide groups is 1. The first-order valence-electron chi connectivity index (χ1n) is 9.97. The average molecular weight is 455 g/mol. The molecule has 0 unspecified atom stereocenters. The highest BCUT2D eigenvalue weighted by molar-refractivity contribution is 7.99. The van der Waals surface area contributed by atoms with Crippen LogP contribution in [-0.2, 0) is 30.7 Å². The summed E-state index contributed by atoms with van der Waals surface area (Å²) in [5, 5.41) is 6.12. The number of urea groups is 1. The van der Waals surface area contributed by atoms with Crippen LogP contribution in [0.2, 0.25) is 0 Å². The molecular weight excluding hydrogens is 432 g/mol. The zero-order valence-electron chi connectivity index (χ0n) is 16.8. The molecule has 4 rings (SSSR count). The maximum Gasteiger partial charge on any atom is 0.321 e. The van der Waals surface area contributed by atoms with Crippen molar-refractivity contribution in [3.05, 3.63) is 69.3 Å². The number of allylic oxidation sites excluding steroid dienone is 1. The highest BCUT2D eigenvalue weighted by atomic mass is 32.2. The summed E-state index contributed by atoms with van der Waals surface area (Å²) < 4.78 is 1.55. The normalized spacial score (nSPS) is 12.5. The monoisotopic (exact) mass is 454 g/mol. The maximum atomic E-state index is 13.1. The van der Waals surface area contributed by atoms with Crippen LogP contribution in [0.4, 0.5) is 4.79 Å². The molecule has 7 nitrogen and oxygen atoms in total. The van der Waals surface area contributed by atoms with Crippen LogP contribution in [0.15, 0.2) is 52.9 Å². The molecule has 2 heterocycles. The van der Waals surface area contributed by atoms with Gasteiger partial charge in [0.1, 0.15) is 4.83 Å². The Morgan fingerprint density at radius 1 is 1.26 bits per heavy atom. The Bertz CT molecular complexity index is 1200. The summed E-state index contributed by atoms with van der Waals surface area (Å²) in [4.78, 5) is 43.9. The smallest absolute Gasteiger partial charge is 0.321 e. The summed E-state index contributed by atoms with van der Waals surface area (Å²) >= 11 is 2.70. The minimum absolute atomic E-state index is 0.0288. The van der Waals surface area contributed by atoms with Gasteiger partial charge in [0, 0.05) is 18.0 Å². The zero-order chi connectivity index (χ0) is 21.8. The Morgan fingerprint density at radius 3 is 2.84 bits per heavy atom. The van der Waals surface area contributed by atoms with Crippen molar-refractivity contribution in [3.63, 3.8) is 0 Å². The van der Waals surface area contributed by atoms with E-state index in [1.165, 1.54) is 4.88 Å². The van der Waals surface area contributed by atoms with Gasteiger partial charge in [0.05, 0.1) is 11.1 Å². The van der Waals surface area contributed by atoms with Crippen LogP contribution in [0, 0.1) is 0 Å².